The smallest absolute Gasteiger partial charge is 0.244 e. The maximum absolute atomic E-state index is 12.3. The van der Waals surface area contributed by atoms with Gasteiger partial charge in [-0.2, -0.15) is 10.1 Å². The lowest BCUT2D eigenvalue weighted by atomic mass is 10.2. The Kier molecular flexibility index (Phi) is 6.37. The van der Waals surface area contributed by atoms with Crippen molar-refractivity contribution in [1.82, 2.24) is 30.2 Å². The van der Waals surface area contributed by atoms with Crippen LogP contribution >= 0.6 is 11.8 Å². The zero-order chi connectivity index (χ0) is 19.9. The van der Waals surface area contributed by atoms with Gasteiger partial charge in [0.05, 0.1) is 12.2 Å². The fourth-order valence-corrected chi connectivity index (χ4v) is 2.97. The van der Waals surface area contributed by atoms with Crippen molar-refractivity contribution in [2.45, 2.75) is 17.7 Å². The number of aryl methyl sites for hydroxylation is 1. The molecule has 2 N–H and O–H groups in total. The highest BCUT2D eigenvalue weighted by molar-refractivity contribution is 7.98. The van der Waals surface area contributed by atoms with E-state index in [4.69, 9.17) is 4.52 Å². The predicted octanol–water partition coefficient (Wildman–Crippen LogP) is 1.61. The highest BCUT2D eigenvalue weighted by atomic mass is 32.2. The summed E-state index contributed by atoms with van der Waals surface area (Å²) in [5, 5.41) is 13.0. The molecule has 3 rings (SSSR count). The van der Waals surface area contributed by atoms with Crippen LogP contribution in [0.2, 0.25) is 0 Å². The predicted molar refractivity (Wildman–Crippen MR) is 102 cm³/mol. The molecule has 0 aliphatic rings. The summed E-state index contributed by atoms with van der Waals surface area (Å²) in [6.07, 6.45) is 3.68. The lowest BCUT2D eigenvalue weighted by Gasteiger charge is -2.17. The van der Waals surface area contributed by atoms with Gasteiger partial charge in [0.1, 0.15) is 6.33 Å². The summed E-state index contributed by atoms with van der Waals surface area (Å²) >= 11 is 1.54. The van der Waals surface area contributed by atoms with Crippen LogP contribution < -0.4 is 5.32 Å². The molecular weight excluding hydrogens is 382 g/mol. The number of H-pyrrole nitrogens is 1. The van der Waals surface area contributed by atoms with Gasteiger partial charge >= 0.3 is 0 Å². The zero-order valence-corrected chi connectivity index (χ0v) is 16.2. The first-order valence-corrected chi connectivity index (χ1v) is 9.64. The molecular formula is C17H19N7O3S. The van der Waals surface area contributed by atoms with E-state index < -0.39 is 0 Å². The first kappa shape index (κ1) is 19.5. The number of likely N-dealkylation sites (N-methyl/N-ethyl adjacent to an activating group) is 1. The first-order valence-electron chi connectivity index (χ1n) is 8.42. The molecule has 0 bridgehead atoms. The number of anilines is 1. The van der Waals surface area contributed by atoms with Gasteiger partial charge in [0, 0.05) is 24.8 Å². The minimum absolute atomic E-state index is 0.0469. The number of rotatable bonds is 8. The Morgan fingerprint density at radius 3 is 2.89 bits per heavy atom. The summed E-state index contributed by atoms with van der Waals surface area (Å²) in [6.45, 7) is -0.0469. The quantitative estimate of drug-likeness (QED) is 0.545. The number of aromatic amines is 1. The van der Waals surface area contributed by atoms with E-state index in [0.29, 0.717) is 11.7 Å². The number of para-hydroxylation sites is 1. The van der Waals surface area contributed by atoms with Crippen LogP contribution in [-0.4, -0.2) is 61.9 Å². The lowest BCUT2D eigenvalue weighted by molar-refractivity contribution is -0.133. The van der Waals surface area contributed by atoms with E-state index in [1.54, 1.807) is 18.8 Å². The molecule has 1 aromatic carbocycles. The Hall–Kier alpha value is -3.21. The van der Waals surface area contributed by atoms with Crippen molar-refractivity contribution >= 4 is 29.3 Å². The van der Waals surface area contributed by atoms with E-state index in [0.717, 1.165) is 10.6 Å². The van der Waals surface area contributed by atoms with Gasteiger partial charge in [0.25, 0.3) is 0 Å². The van der Waals surface area contributed by atoms with Gasteiger partial charge in [-0.25, -0.2) is 4.98 Å². The number of nitrogens with one attached hydrogen (secondary N) is 2. The van der Waals surface area contributed by atoms with Gasteiger partial charge in [-0.15, -0.1) is 11.8 Å². The second-order valence-corrected chi connectivity index (χ2v) is 6.69. The van der Waals surface area contributed by atoms with Crippen LogP contribution in [0, 0.1) is 0 Å². The topological polar surface area (TPSA) is 130 Å². The van der Waals surface area contributed by atoms with Crippen LogP contribution in [0.1, 0.15) is 12.3 Å². The summed E-state index contributed by atoms with van der Waals surface area (Å²) in [5.41, 5.74) is 0.728. The summed E-state index contributed by atoms with van der Waals surface area (Å²) in [4.78, 5) is 34.9. The maximum Gasteiger partial charge on any atom is 0.244 e. The second kappa shape index (κ2) is 9.13. The third-order valence-corrected chi connectivity index (χ3v) is 4.63. The molecule has 0 aliphatic carbocycles. The van der Waals surface area contributed by atoms with Crippen LogP contribution in [0.4, 0.5) is 5.69 Å². The van der Waals surface area contributed by atoms with E-state index in [1.165, 1.54) is 11.2 Å². The molecule has 10 nitrogen and oxygen atoms in total. The third kappa shape index (κ3) is 4.94. The van der Waals surface area contributed by atoms with E-state index in [9.17, 15) is 9.59 Å². The van der Waals surface area contributed by atoms with E-state index >= 15 is 0 Å². The molecule has 11 heteroatoms. The molecule has 0 saturated heterocycles. The van der Waals surface area contributed by atoms with Crippen molar-refractivity contribution in [1.29, 1.82) is 0 Å². The molecule has 0 fully saturated rings. The van der Waals surface area contributed by atoms with Crippen LogP contribution in [0.25, 0.3) is 11.6 Å². The van der Waals surface area contributed by atoms with Crippen molar-refractivity contribution in [3.05, 3.63) is 36.5 Å². The lowest BCUT2D eigenvalue weighted by Crippen LogP contribution is -2.35. The molecule has 2 aromatic heterocycles. The van der Waals surface area contributed by atoms with E-state index in [2.05, 4.69) is 30.6 Å². The summed E-state index contributed by atoms with van der Waals surface area (Å²) < 4.78 is 5.10. The van der Waals surface area contributed by atoms with Crippen LogP contribution in [-0.2, 0) is 16.0 Å². The Morgan fingerprint density at radius 2 is 2.14 bits per heavy atom. The second-order valence-electron chi connectivity index (χ2n) is 5.84. The normalized spacial score (nSPS) is 10.6. The van der Waals surface area contributed by atoms with Crippen molar-refractivity contribution in [2.75, 3.05) is 25.2 Å². The monoisotopic (exact) mass is 401 g/mol. The van der Waals surface area contributed by atoms with Crippen molar-refractivity contribution in [3.63, 3.8) is 0 Å². The number of amides is 2. The number of aromatic nitrogens is 5. The molecule has 0 radical (unpaired) electrons. The Bertz CT molecular complexity index is 942. The fourth-order valence-electron chi connectivity index (χ4n) is 2.41. The molecule has 0 unspecified atom stereocenters. The number of nitrogens with zero attached hydrogens (tertiary/aromatic N) is 5. The number of benzene rings is 1. The van der Waals surface area contributed by atoms with Crippen molar-refractivity contribution in [2.24, 2.45) is 0 Å². The minimum atomic E-state index is -0.261. The largest absolute Gasteiger partial charge is 0.339 e. The van der Waals surface area contributed by atoms with E-state index in [-0.39, 0.29) is 37.0 Å². The van der Waals surface area contributed by atoms with Gasteiger partial charge in [-0.05, 0) is 18.4 Å². The summed E-state index contributed by atoms with van der Waals surface area (Å²) in [5.74, 6) is 0.516. The minimum Gasteiger partial charge on any atom is -0.339 e. The van der Waals surface area contributed by atoms with Crippen molar-refractivity contribution < 1.29 is 14.1 Å². The average molecular weight is 401 g/mol. The van der Waals surface area contributed by atoms with Gasteiger partial charge in [0.2, 0.25) is 23.5 Å². The van der Waals surface area contributed by atoms with Gasteiger partial charge in [0.15, 0.2) is 5.82 Å². The highest BCUT2D eigenvalue weighted by Crippen LogP contribution is 2.24. The fraction of sp³-hybridized carbons (Fsp3) is 0.294. The molecule has 0 atom stereocenters. The molecule has 3 aromatic rings. The Morgan fingerprint density at radius 1 is 1.32 bits per heavy atom. The average Bonchev–Trinajstić information content (AvgIpc) is 3.38. The molecule has 2 heterocycles. The third-order valence-electron chi connectivity index (χ3n) is 3.84. The Labute approximate surface area is 165 Å². The number of hydrogen-bond donors (Lipinski definition) is 2. The molecule has 28 heavy (non-hydrogen) atoms. The first-order chi connectivity index (χ1) is 13.6. The SMILES string of the molecule is CSc1ccccc1NC(=O)CN(C)C(=O)CCc1nc(-c2ncn[nH]2)no1. The van der Waals surface area contributed by atoms with Gasteiger partial charge in [-0.1, -0.05) is 17.3 Å². The standard InChI is InChI=1S/C17H19N7O3S/c1-24(9-13(25)20-11-5-3-4-6-12(11)28-2)15(26)8-7-14-21-17(23-27-14)16-18-10-19-22-16/h3-6,10H,7-9H2,1-2H3,(H,20,25)(H,18,19,22). The zero-order valence-electron chi connectivity index (χ0n) is 15.4. The van der Waals surface area contributed by atoms with Crippen LogP contribution in [0.5, 0.6) is 0 Å². The van der Waals surface area contributed by atoms with Crippen LogP contribution in [0.15, 0.2) is 40.0 Å². The van der Waals surface area contributed by atoms with Gasteiger partial charge in [-0.3, -0.25) is 14.7 Å². The molecule has 2 amide bonds. The number of hydrogen-bond acceptors (Lipinski definition) is 8. The van der Waals surface area contributed by atoms with Crippen LogP contribution in [0.3, 0.4) is 0 Å². The number of carbonyl (C=O) groups excluding carboxylic acids is 2. The van der Waals surface area contributed by atoms with Gasteiger partial charge < -0.3 is 14.7 Å². The number of carbonyl (C=O) groups is 2. The van der Waals surface area contributed by atoms with E-state index in [1.807, 2.05) is 30.5 Å². The number of thioether (sulfide) groups is 1. The van der Waals surface area contributed by atoms with Crippen molar-refractivity contribution in [3.8, 4) is 11.6 Å². The Balaban J connectivity index is 1.48. The highest BCUT2D eigenvalue weighted by Gasteiger charge is 2.16. The molecule has 0 saturated carbocycles. The molecule has 146 valence electrons. The summed E-state index contributed by atoms with van der Waals surface area (Å²) in [6, 6.07) is 7.50. The summed E-state index contributed by atoms with van der Waals surface area (Å²) in [7, 11) is 1.58. The maximum atomic E-state index is 12.3. The molecule has 0 aliphatic heterocycles. The molecule has 0 spiro atoms.